The van der Waals surface area contributed by atoms with Gasteiger partial charge < -0.3 is 28.1 Å². The molecule has 0 aromatic carbocycles. The van der Waals surface area contributed by atoms with Gasteiger partial charge in [-0.3, -0.25) is 0 Å². The van der Waals surface area contributed by atoms with Gasteiger partial charge in [-0.05, 0) is 0 Å². The van der Waals surface area contributed by atoms with Gasteiger partial charge in [-0.25, -0.2) is 0 Å². The van der Waals surface area contributed by atoms with Gasteiger partial charge in [0.05, 0.1) is 0 Å². The number of hydrogen-bond donors (Lipinski definition) is 0. The maximum atomic E-state index is 8.52. The van der Waals surface area contributed by atoms with Crippen LogP contribution in [0.2, 0.25) is 0 Å². The molecule has 0 radical (unpaired) electrons. The molecule has 0 spiro atoms. The van der Waals surface area contributed by atoms with E-state index in [1.54, 1.807) is 0 Å². The Morgan fingerprint density at radius 2 is 0.700 bits per heavy atom. The molecule has 0 aliphatic carbocycles. The first-order valence-corrected chi connectivity index (χ1v) is 3.67. The third-order valence-electron chi connectivity index (χ3n) is 0. The summed E-state index contributed by atoms with van der Waals surface area (Å²) in [6.45, 7) is 0. The fourth-order valence-corrected chi connectivity index (χ4v) is 0. The van der Waals surface area contributed by atoms with E-state index in [4.69, 9.17) is 28.1 Å². The molecule has 0 atom stereocenters. The molecule has 0 rings (SSSR count). The molecule has 0 saturated heterocycles. The number of rotatable bonds is 0. The minimum absolute atomic E-state index is 0. The molecule has 0 amide bonds. The molecule has 0 unspecified atom stereocenters. The molecule has 0 N–H and O–H groups in total. The zero-order chi connectivity index (χ0) is 7.15. The molecule has 10 heavy (non-hydrogen) atoms. The Balaban J connectivity index is -0.0000000300. The van der Waals surface area contributed by atoms with Gasteiger partial charge in [0.1, 0.15) is 0 Å². The minimum atomic E-state index is -3.63. The van der Waals surface area contributed by atoms with Crippen LogP contribution in [0.25, 0.3) is 0 Å². The number of hydrogen-bond acceptors (Lipinski definition) is 6. The zero-order valence-electron chi connectivity index (χ0n) is 4.86. The van der Waals surface area contributed by atoms with Crippen molar-refractivity contribution in [2.75, 3.05) is 0 Å². The van der Waals surface area contributed by atoms with E-state index in [0.717, 1.165) is 0 Å². The molecule has 0 fully saturated rings. The molecule has 10 heteroatoms. The van der Waals surface area contributed by atoms with Crippen molar-refractivity contribution in [1.29, 1.82) is 0 Å². The van der Waals surface area contributed by atoms with Crippen LogP contribution in [0.3, 0.4) is 0 Å². The molecule has 6 nitrogen and oxygen atoms in total. The Labute approximate surface area is 67.4 Å². The van der Waals surface area contributed by atoms with Crippen LogP contribution in [-0.2, 0) is 8.92 Å². The monoisotopic (exact) mass is 170 g/mol. The standard InChI is InChI=1S/2Be.2O3Si/c;;2*1-4(2)3/q2*+2;2*-2. The van der Waals surface area contributed by atoms with Gasteiger partial charge in [0.15, 0.2) is 0 Å². The first-order valence-electron chi connectivity index (χ1n) is 1.22. The van der Waals surface area contributed by atoms with Crippen LogP contribution >= 0.6 is 0 Å². The summed E-state index contributed by atoms with van der Waals surface area (Å²) in [6, 6.07) is 0. The molecule has 0 bridgehead atoms. The summed E-state index contributed by atoms with van der Waals surface area (Å²) in [5.74, 6) is 0. The third-order valence-corrected chi connectivity index (χ3v) is 0. The fraction of sp³-hybridized carbons (Fsp3) is 0. The van der Waals surface area contributed by atoms with Gasteiger partial charge in [-0.2, -0.15) is 0 Å². The zero-order valence-corrected chi connectivity index (χ0v) is 6.86. The molecule has 0 aliphatic rings. The summed E-state index contributed by atoms with van der Waals surface area (Å²) >= 11 is 0. The Hall–Kier alpha value is -0.429. The van der Waals surface area contributed by atoms with Crippen molar-refractivity contribution >= 4 is 38.6 Å². The predicted octanol–water partition coefficient (Wildman–Crippen LogP) is -6.52. The predicted molar refractivity (Wildman–Crippen MR) is 24.4 cm³/mol. The van der Waals surface area contributed by atoms with Crippen LogP contribution in [0.4, 0.5) is 0 Å². The van der Waals surface area contributed by atoms with E-state index in [2.05, 4.69) is 0 Å². The average Bonchev–Trinajstić information content (AvgIpc) is 1.25. The maximum Gasteiger partial charge on any atom is 2.00 e. The van der Waals surface area contributed by atoms with E-state index in [0.29, 0.717) is 0 Å². The van der Waals surface area contributed by atoms with Crippen LogP contribution in [0.1, 0.15) is 0 Å². The maximum absolute atomic E-state index is 8.52. The van der Waals surface area contributed by atoms with Gasteiger partial charge >= 0.3 is 20.2 Å². The largest absolute Gasteiger partial charge is 2.00 e. The van der Waals surface area contributed by atoms with Crippen molar-refractivity contribution in [3.8, 4) is 0 Å². The summed E-state index contributed by atoms with van der Waals surface area (Å²) in [4.78, 5) is 34.1. The Morgan fingerprint density at radius 1 is 0.700 bits per heavy atom. The summed E-state index contributed by atoms with van der Waals surface area (Å²) < 4.78 is 17.0. The second kappa shape index (κ2) is 15.8. The molecule has 0 saturated carbocycles. The second-order valence-corrected chi connectivity index (χ2v) is 1.50. The van der Waals surface area contributed by atoms with Crippen LogP contribution in [-0.4, -0.2) is 38.6 Å². The van der Waals surface area contributed by atoms with Crippen molar-refractivity contribution in [3.05, 3.63) is 0 Å². The first kappa shape index (κ1) is 22.7. The van der Waals surface area contributed by atoms with Crippen molar-refractivity contribution in [2.24, 2.45) is 0 Å². The Bertz CT molecular complexity index is 71.7. The van der Waals surface area contributed by atoms with Crippen LogP contribution in [0, 0.1) is 0 Å². The minimum Gasteiger partial charge on any atom is -0.672 e. The molecule has 48 valence electrons. The van der Waals surface area contributed by atoms with E-state index in [9.17, 15) is 0 Å². The Morgan fingerprint density at radius 3 is 0.700 bits per heavy atom. The van der Waals surface area contributed by atoms with Gasteiger partial charge in [0.25, 0.3) is 0 Å². The SMILES string of the molecule is O=[Si]([O-])[O-].O=[Si]([O-])[O-].[Be+2].[Be+2]. The van der Waals surface area contributed by atoms with Gasteiger partial charge in [0, 0.05) is 18.3 Å². The smallest absolute Gasteiger partial charge is 0.672 e. The van der Waals surface area contributed by atoms with E-state index in [1.807, 2.05) is 0 Å². The Kier molecular flexibility index (Phi) is 35.9. The first-order chi connectivity index (χ1) is 3.46. The molecule has 0 aromatic heterocycles. The normalized spacial score (nSPS) is 4.80. The summed E-state index contributed by atoms with van der Waals surface area (Å²) in [7, 11) is -7.26. The second-order valence-electron chi connectivity index (χ2n) is 0.500. The molecular weight excluding hydrogens is 170 g/mol. The quantitative estimate of drug-likeness (QED) is 0.332. The fourth-order valence-electron chi connectivity index (χ4n) is 0. The van der Waals surface area contributed by atoms with Crippen molar-refractivity contribution in [3.63, 3.8) is 0 Å². The molecule has 0 heterocycles. The van der Waals surface area contributed by atoms with E-state index in [1.165, 1.54) is 0 Å². The van der Waals surface area contributed by atoms with Crippen molar-refractivity contribution in [2.45, 2.75) is 0 Å². The van der Waals surface area contributed by atoms with Crippen molar-refractivity contribution < 1.29 is 28.1 Å². The van der Waals surface area contributed by atoms with Gasteiger partial charge in [-0.1, -0.05) is 0 Å². The summed E-state index contributed by atoms with van der Waals surface area (Å²) in [5, 5.41) is 0. The van der Waals surface area contributed by atoms with Gasteiger partial charge in [0.2, 0.25) is 0 Å². The van der Waals surface area contributed by atoms with Gasteiger partial charge in [-0.15, -0.1) is 0 Å². The summed E-state index contributed by atoms with van der Waals surface area (Å²) in [5.41, 5.74) is 0. The van der Waals surface area contributed by atoms with E-state index < -0.39 is 18.3 Å². The summed E-state index contributed by atoms with van der Waals surface area (Å²) in [6.07, 6.45) is 0. The van der Waals surface area contributed by atoms with E-state index in [-0.39, 0.29) is 20.2 Å². The average molecular weight is 170 g/mol. The van der Waals surface area contributed by atoms with Crippen LogP contribution < -0.4 is 19.2 Å². The van der Waals surface area contributed by atoms with Crippen molar-refractivity contribution in [1.82, 2.24) is 0 Å². The molecular formula is Be2O6Si2. The molecule has 0 aromatic rings. The molecule has 0 aliphatic heterocycles. The topological polar surface area (TPSA) is 126 Å². The van der Waals surface area contributed by atoms with Crippen LogP contribution in [0.5, 0.6) is 0 Å². The third kappa shape index (κ3) is 1780. The van der Waals surface area contributed by atoms with E-state index >= 15 is 0 Å². The van der Waals surface area contributed by atoms with Crippen LogP contribution in [0.15, 0.2) is 0 Å².